The summed E-state index contributed by atoms with van der Waals surface area (Å²) < 4.78 is 5.28. The van der Waals surface area contributed by atoms with Gasteiger partial charge in [-0.2, -0.15) is 4.98 Å². The number of hydrogen-bond donors (Lipinski definition) is 0. The van der Waals surface area contributed by atoms with E-state index in [1.165, 1.54) is 38.7 Å². The topological polar surface area (TPSA) is 78.6 Å². The van der Waals surface area contributed by atoms with Crippen LogP contribution in [0, 0.1) is 12.8 Å². The van der Waals surface area contributed by atoms with E-state index in [2.05, 4.69) is 29.8 Å². The number of aromatic nitrogens is 3. The van der Waals surface area contributed by atoms with Crippen LogP contribution in [0.5, 0.6) is 0 Å². The van der Waals surface area contributed by atoms with Crippen molar-refractivity contribution in [3.8, 4) is 0 Å². The number of piperidine rings is 3. The van der Waals surface area contributed by atoms with Crippen LogP contribution in [0.25, 0.3) is 11.1 Å². The molecule has 3 fully saturated rings. The van der Waals surface area contributed by atoms with Crippen LogP contribution in [-0.2, 0) is 4.79 Å². The van der Waals surface area contributed by atoms with Gasteiger partial charge in [-0.25, -0.2) is 4.98 Å². The summed E-state index contributed by atoms with van der Waals surface area (Å²) in [5.74, 6) is 1.38. The fraction of sp³-hybridized carbons (Fsp3) is 0.727. The van der Waals surface area contributed by atoms with E-state index in [1.54, 1.807) is 0 Å². The van der Waals surface area contributed by atoms with Crippen molar-refractivity contribution in [2.24, 2.45) is 5.92 Å². The summed E-state index contributed by atoms with van der Waals surface area (Å²) >= 11 is 0. The van der Waals surface area contributed by atoms with E-state index in [0.29, 0.717) is 17.7 Å². The average Bonchev–Trinajstić information content (AvgIpc) is 3.20. The molecule has 30 heavy (non-hydrogen) atoms. The summed E-state index contributed by atoms with van der Waals surface area (Å²) in [6, 6.07) is 0.683. The second-order valence-electron chi connectivity index (χ2n) is 9.06. The lowest BCUT2D eigenvalue weighted by atomic mass is 9.93. The first kappa shape index (κ1) is 19.7. The van der Waals surface area contributed by atoms with Crippen molar-refractivity contribution in [3.05, 3.63) is 12.0 Å². The highest BCUT2D eigenvalue weighted by molar-refractivity contribution is 5.88. The third-order valence-electron chi connectivity index (χ3n) is 7.25. The van der Waals surface area contributed by atoms with Crippen LogP contribution in [0.2, 0.25) is 0 Å². The van der Waals surface area contributed by atoms with Gasteiger partial charge in [0, 0.05) is 38.1 Å². The Balaban J connectivity index is 1.16. The van der Waals surface area contributed by atoms with E-state index in [-0.39, 0.29) is 5.92 Å². The van der Waals surface area contributed by atoms with E-state index < -0.39 is 0 Å². The lowest BCUT2D eigenvalue weighted by Crippen LogP contribution is -2.50. The lowest BCUT2D eigenvalue weighted by Gasteiger charge is -2.41. The lowest BCUT2D eigenvalue weighted by molar-refractivity contribution is -0.137. The molecule has 8 heteroatoms. The van der Waals surface area contributed by atoms with Crippen molar-refractivity contribution in [1.82, 2.24) is 24.9 Å². The maximum Gasteiger partial charge on any atom is 0.263 e. The summed E-state index contributed by atoms with van der Waals surface area (Å²) in [5.41, 5.74) is 1.35. The van der Waals surface area contributed by atoms with Crippen LogP contribution in [-0.4, -0.2) is 76.1 Å². The number of amides is 1. The Morgan fingerprint density at radius 1 is 0.967 bits per heavy atom. The molecule has 3 aliphatic heterocycles. The van der Waals surface area contributed by atoms with E-state index in [0.717, 1.165) is 68.8 Å². The van der Waals surface area contributed by atoms with Gasteiger partial charge in [0.2, 0.25) is 5.91 Å². The van der Waals surface area contributed by atoms with Gasteiger partial charge >= 0.3 is 0 Å². The van der Waals surface area contributed by atoms with Gasteiger partial charge in [-0.05, 0) is 58.5 Å². The molecule has 1 amide bonds. The maximum atomic E-state index is 13.1. The Morgan fingerprint density at radius 3 is 2.43 bits per heavy atom. The number of fused-ring (bicyclic) bond motifs is 1. The zero-order chi connectivity index (χ0) is 20.5. The van der Waals surface area contributed by atoms with Gasteiger partial charge in [-0.1, -0.05) is 11.6 Å². The third kappa shape index (κ3) is 3.77. The number of nitrogens with zero attached hydrogens (tertiary/aromatic N) is 6. The molecule has 162 valence electrons. The van der Waals surface area contributed by atoms with Crippen molar-refractivity contribution < 1.29 is 9.32 Å². The number of aryl methyl sites for hydroxylation is 1. The van der Waals surface area contributed by atoms with Crippen LogP contribution in [0.15, 0.2) is 10.9 Å². The monoisotopic (exact) mass is 412 g/mol. The Hall–Kier alpha value is -2.22. The Labute approximate surface area is 177 Å². The van der Waals surface area contributed by atoms with Gasteiger partial charge in [0.15, 0.2) is 0 Å². The van der Waals surface area contributed by atoms with Crippen molar-refractivity contribution >= 4 is 22.8 Å². The molecule has 0 atom stereocenters. The Morgan fingerprint density at radius 2 is 1.70 bits per heavy atom. The highest BCUT2D eigenvalue weighted by atomic mass is 16.5. The zero-order valence-electron chi connectivity index (χ0n) is 17.9. The minimum absolute atomic E-state index is 0.133. The molecule has 0 aliphatic carbocycles. The smallest absolute Gasteiger partial charge is 0.263 e. The summed E-state index contributed by atoms with van der Waals surface area (Å²) in [5, 5.41) is 4.92. The van der Waals surface area contributed by atoms with Gasteiger partial charge in [-0.3, -0.25) is 4.79 Å². The highest BCUT2D eigenvalue weighted by Gasteiger charge is 2.33. The zero-order valence-corrected chi connectivity index (χ0v) is 17.9. The first-order chi connectivity index (χ1) is 14.7. The van der Waals surface area contributed by atoms with Crippen LogP contribution in [0.1, 0.15) is 50.6 Å². The summed E-state index contributed by atoms with van der Waals surface area (Å²) in [6.07, 6.45) is 9.61. The SMILES string of the molecule is Cc1noc2ncnc(N3CCC(C(=O)N4CCC(N5CCCCC5)CC4)CC3)c12. The van der Waals surface area contributed by atoms with Gasteiger partial charge in [0.1, 0.15) is 17.5 Å². The Bertz CT molecular complexity index is 877. The molecule has 0 spiro atoms. The molecule has 2 aromatic rings. The number of carbonyl (C=O) groups excluding carboxylic acids is 1. The quantitative estimate of drug-likeness (QED) is 0.767. The Kier molecular flexibility index (Phi) is 5.58. The molecule has 0 unspecified atom stereocenters. The van der Waals surface area contributed by atoms with E-state index >= 15 is 0 Å². The molecule has 2 aromatic heterocycles. The maximum absolute atomic E-state index is 13.1. The largest absolute Gasteiger partial charge is 0.356 e. The standard InChI is InChI=1S/C22H32N6O2/c1-16-19-20(23-15-24-21(19)30-25-16)27-11-5-17(6-12-27)22(29)28-13-7-18(8-14-28)26-9-3-2-4-10-26/h15,17-18H,2-14H2,1H3. The molecular weight excluding hydrogens is 380 g/mol. The minimum Gasteiger partial charge on any atom is -0.356 e. The molecule has 0 aromatic carbocycles. The number of hydrogen-bond acceptors (Lipinski definition) is 7. The molecule has 0 N–H and O–H groups in total. The first-order valence-electron chi connectivity index (χ1n) is 11.6. The molecule has 3 saturated heterocycles. The highest BCUT2D eigenvalue weighted by Crippen LogP contribution is 2.30. The van der Waals surface area contributed by atoms with E-state index in [1.807, 2.05) is 6.92 Å². The van der Waals surface area contributed by atoms with Crippen molar-refractivity contribution in [2.45, 2.75) is 57.9 Å². The van der Waals surface area contributed by atoms with Crippen LogP contribution < -0.4 is 4.90 Å². The molecule has 0 radical (unpaired) electrons. The number of rotatable bonds is 3. The first-order valence-corrected chi connectivity index (χ1v) is 11.6. The number of anilines is 1. The van der Waals surface area contributed by atoms with Crippen molar-refractivity contribution in [2.75, 3.05) is 44.2 Å². The van der Waals surface area contributed by atoms with Gasteiger partial charge < -0.3 is 19.2 Å². The van der Waals surface area contributed by atoms with Crippen LogP contribution >= 0.6 is 0 Å². The molecule has 5 heterocycles. The second-order valence-corrected chi connectivity index (χ2v) is 9.06. The predicted molar refractivity (Wildman–Crippen MR) is 114 cm³/mol. The second kappa shape index (κ2) is 8.49. The molecular formula is C22H32N6O2. The molecule has 5 rings (SSSR count). The van der Waals surface area contributed by atoms with Crippen LogP contribution in [0.3, 0.4) is 0 Å². The molecule has 0 bridgehead atoms. The average molecular weight is 413 g/mol. The molecule has 8 nitrogen and oxygen atoms in total. The van der Waals surface area contributed by atoms with Gasteiger partial charge in [-0.15, -0.1) is 0 Å². The van der Waals surface area contributed by atoms with Crippen molar-refractivity contribution in [3.63, 3.8) is 0 Å². The summed E-state index contributed by atoms with van der Waals surface area (Å²) in [4.78, 5) is 28.9. The summed E-state index contributed by atoms with van der Waals surface area (Å²) in [6.45, 7) is 7.93. The fourth-order valence-corrected chi connectivity index (χ4v) is 5.47. The van der Waals surface area contributed by atoms with Crippen molar-refractivity contribution in [1.29, 1.82) is 0 Å². The van der Waals surface area contributed by atoms with Gasteiger partial charge in [0.05, 0.1) is 5.69 Å². The van der Waals surface area contributed by atoms with Crippen LogP contribution in [0.4, 0.5) is 5.82 Å². The number of likely N-dealkylation sites (tertiary alicyclic amines) is 2. The third-order valence-corrected chi connectivity index (χ3v) is 7.25. The predicted octanol–water partition coefficient (Wildman–Crippen LogP) is 2.62. The molecule has 0 saturated carbocycles. The molecule has 3 aliphatic rings. The van der Waals surface area contributed by atoms with Gasteiger partial charge in [0.25, 0.3) is 5.71 Å². The fourth-order valence-electron chi connectivity index (χ4n) is 5.47. The summed E-state index contributed by atoms with van der Waals surface area (Å²) in [7, 11) is 0. The van der Waals surface area contributed by atoms with E-state index in [4.69, 9.17) is 4.52 Å². The number of carbonyl (C=O) groups is 1. The van der Waals surface area contributed by atoms with E-state index in [9.17, 15) is 4.79 Å². The normalized spacial score (nSPS) is 22.7. The minimum atomic E-state index is 0.133.